The second-order valence-corrected chi connectivity index (χ2v) is 7.33. The molecule has 0 bridgehead atoms. The highest BCUT2D eigenvalue weighted by molar-refractivity contribution is 5.10. The third kappa shape index (κ3) is 5.97. The Kier molecular flexibility index (Phi) is 6.74. The van der Waals surface area contributed by atoms with Crippen molar-refractivity contribution in [1.82, 2.24) is 0 Å². The summed E-state index contributed by atoms with van der Waals surface area (Å²) < 4.78 is 12.2. The van der Waals surface area contributed by atoms with E-state index >= 15 is 0 Å². The molecule has 0 fully saturated rings. The molecule has 0 aliphatic heterocycles. The van der Waals surface area contributed by atoms with Gasteiger partial charge in [0.1, 0.15) is 0 Å². The molecule has 1 aliphatic carbocycles. The fourth-order valence-corrected chi connectivity index (χ4v) is 2.65. The zero-order valence-electron chi connectivity index (χ0n) is 14.5. The molecule has 0 amide bonds. The Labute approximate surface area is 125 Å². The molecule has 0 N–H and O–H groups in total. The average molecular weight is 282 g/mol. The van der Waals surface area contributed by atoms with Crippen molar-refractivity contribution in [3.63, 3.8) is 0 Å². The van der Waals surface area contributed by atoms with E-state index in [0.717, 1.165) is 12.8 Å². The van der Waals surface area contributed by atoms with Crippen molar-refractivity contribution < 1.29 is 9.47 Å². The van der Waals surface area contributed by atoms with E-state index in [4.69, 9.17) is 9.47 Å². The van der Waals surface area contributed by atoms with Gasteiger partial charge in [-0.3, -0.25) is 0 Å². The molecule has 0 saturated carbocycles. The Morgan fingerprint density at radius 3 is 2.40 bits per heavy atom. The van der Waals surface area contributed by atoms with Crippen molar-refractivity contribution in [1.29, 1.82) is 0 Å². The second kappa shape index (κ2) is 7.61. The molecule has 20 heavy (non-hydrogen) atoms. The largest absolute Gasteiger partial charge is 0.372 e. The first-order valence-electron chi connectivity index (χ1n) is 8.23. The van der Waals surface area contributed by atoms with Crippen LogP contribution in [-0.4, -0.2) is 23.9 Å². The Balaban J connectivity index is 2.52. The van der Waals surface area contributed by atoms with Gasteiger partial charge in [0.2, 0.25) is 0 Å². The maximum atomic E-state index is 6.24. The first-order valence-corrected chi connectivity index (χ1v) is 8.23. The van der Waals surface area contributed by atoms with E-state index in [1.165, 1.54) is 18.4 Å². The van der Waals surface area contributed by atoms with Crippen molar-refractivity contribution in [2.24, 2.45) is 5.92 Å². The van der Waals surface area contributed by atoms with E-state index in [0.29, 0.717) is 18.1 Å². The molecule has 0 aromatic carbocycles. The highest BCUT2D eigenvalue weighted by Crippen LogP contribution is 2.28. The summed E-state index contributed by atoms with van der Waals surface area (Å²) in [5.41, 5.74) is 1.46. The van der Waals surface area contributed by atoms with Gasteiger partial charge in [0.25, 0.3) is 0 Å². The Morgan fingerprint density at radius 2 is 1.85 bits per heavy atom. The molecule has 2 heteroatoms. The Bertz CT molecular complexity index is 315. The maximum Gasteiger partial charge on any atom is 0.0762 e. The first kappa shape index (κ1) is 17.7. The molecule has 0 spiro atoms. The lowest BCUT2D eigenvalue weighted by Gasteiger charge is -2.34. The fraction of sp³-hybridized carbons (Fsp3) is 0.889. The van der Waals surface area contributed by atoms with Crippen LogP contribution in [0.5, 0.6) is 0 Å². The highest BCUT2D eigenvalue weighted by Gasteiger charge is 2.26. The predicted octanol–water partition coefficient (Wildman–Crippen LogP) is 5.12. The monoisotopic (exact) mass is 282 g/mol. The van der Waals surface area contributed by atoms with Gasteiger partial charge in [-0.05, 0) is 66.2 Å². The molecular formula is C18H34O2. The lowest BCUT2D eigenvalue weighted by Crippen LogP contribution is -2.35. The van der Waals surface area contributed by atoms with Crippen molar-refractivity contribution >= 4 is 0 Å². The fourth-order valence-electron chi connectivity index (χ4n) is 2.65. The number of hydrogen-bond donors (Lipinski definition) is 0. The molecule has 2 atom stereocenters. The van der Waals surface area contributed by atoms with Gasteiger partial charge in [0.15, 0.2) is 0 Å². The summed E-state index contributed by atoms with van der Waals surface area (Å²) in [4.78, 5) is 0. The Morgan fingerprint density at radius 1 is 1.20 bits per heavy atom. The molecule has 0 aromatic heterocycles. The molecule has 1 aliphatic rings. The van der Waals surface area contributed by atoms with E-state index in [1.54, 1.807) is 0 Å². The molecule has 0 saturated heterocycles. The highest BCUT2D eigenvalue weighted by atomic mass is 16.5. The quantitative estimate of drug-likeness (QED) is 0.603. The third-order valence-electron chi connectivity index (χ3n) is 4.30. The lowest BCUT2D eigenvalue weighted by atomic mass is 9.92. The van der Waals surface area contributed by atoms with Gasteiger partial charge in [-0.2, -0.15) is 0 Å². The van der Waals surface area contributed by atoms with Crippen LogP contribution in [0.1, 0.15) is 74.1 Å². The molecular weight excluding hydrogens is 248 g/mol. The van der Waals surface area contributed by atoms with Crippen molar-refractivity contribution in [2.75, 3.05) is 0 Å². The summed E-state index contributed by atoms with van der Waals surface area (Å²) in [5, 5.41) is 0. The molecule has 1 rings (SSSR count). The molecule has 0 heterocycles. The summed E-state index contributed by atoms with van der Waals surface area (Å²) in [6.07, 6.45) is 7.87. The minimum atomic E-state index is -0.0531. The van der Waals surface area contributed by atoms with Gasteiger partial charge in [-0.15, -0.1) is 0 Å². The molecule has 118 valence electrons. The normalized spacial score (nSPS) is 22.2. The summed E-state index contributed by atoms with van der Waals surface area (Å²) in [6, 6.07) is 0. The minimum absolute atomic E-state index is 0.0531. The van der Waals surface area contributed by atoms with E-state index < -0.39 is 0 Å². The van der Waals surface area contributed by atoms with Crippen LogP contribution in [0.25, 0.3) is 0 Å². The van der Waals surface area contributed by atoms with Crippen LogP contribution in [-0.2, 0) is 9.47 Å². The zero-order valence-corrected chi connectivity index (χ0v) is 14.5. The van der Waals surface area contributed by atoms with E-state index in [1.807, 2.05) is 0 Å². The molecule has 0 aromatic rings. The maximum absolute atomic E-state index is 6.24. The minimum Gasteiger partial charge on any atom is -0.372 e. The van der Waals surface area contributed by atoms with Gasteiger partial charge in [0.05, 0.1) is 23.9 Å². The van der Waals surface area contributed by atoms with Crippen LogP contribution in [0.2, 0.25) is 0 Å². The van der Waals surface area contributed by atoms with Crippen molar-refractivity contribution in [3.8, 4) is 0 Å². The van der Waals surface area contributed by atoms with Crippen LogP contribution >= 0.6 is 0 Å². The summed E-state index contributed by atoms with van der Waals surface area (Å²) in [5.74, 6) is 0.530. The van der Waals surface area contributed by atoms with Crippen LogP contribution in [0.4, 0.5) is 0 Å². The van der Waals surface area contributed by atoms with Crippen LogP contribution in [0, 0.1) is 5.92 Å². The number of hydrogen-bond acceptors (Lipinski definition) is 2. The first-order chi connectivity index (χ1) is 9.20. The van der Waals surface area contributed by atoms with Crippen molar-refractivity contribution in [3.05, 3.63) is 11.6 Å². The van der Waals surface area contributed by atoms with Gasteiger partial charge < -0.3 is 9.47 Å². The van der Waals surface area contributed by atoms with Crippen molar-refractivity contribution in [2.45, 2.75) is 98.1 Å². The lowest BCUT2D eigenvalue weighted by molar-refractivity contribution is -0.0904. The predicted molar refractivity (Wildman–Crippen MR) is 86.0 cm³/mol. The average Bonchev–Trinajstić information content (AvgIpc) is 2.26. The smallest absolute Gasteiger partial charge is 0.0762 e. The Hall–Kier alpha value is -0.340. The third-order valence-corrected chi connectivity index (χ3v) is 4.30. The topological polar surface area (TPSA) is 18.5 Å². The van der Waals surface area contributed by atoms with E-state index in [-0.39, 0.29) is 11.7 Å². The molecule has 0 radical (unpaired) electrons. The molecule has 2 nitrogen and oxygen atoms in total. The van der Waals surface area contributed by atoms with Gasteiger partial charge in [-0.1, -0.05) is 25.5 Å². The van der Waals surface area contributed by atoms with Crippen LogP contribution < -0.4 is 0 Å². The molecule has 2 unspecified atom stereocenters. The zero-order chi connectivity index (χ0) is 15.3. The van der Waals surface area contributed by atoms with E-state index in [9.17, 15) is 0 Å². The second-order valence-electron chi connectivity index (χ2n) is 7.33. The van der Waals surface area contributed by atoms with Gasteiger partial charge in [-0.25, -0.2) is 0 Å². The standard InChI is InChI=1S/C18H34O2/c1-13(2)18(6,7)20-15(5)11-16-9-8-10-17(12-16)19-14(3)4/h12-15,17H,8-11H2,1-7H3. The van der Waals surface area contributed by atoms with Gasteiger partial charge >= 0.3 is 0 Å². The van der Waals surface area contributed by atoms with Gasteiger partial charge in [0, 0.05) is 0 Å². The SMILES string of the molecule is CC(C)OC1C=C(CC(C)OC(C)(C)C(C)C)CCC1. The summed E-state index contributed by atoms with van der Waals surface area (Å²) in [7, 11) is 0. The summed E-state index contributed by atoms with van der Waals surface area (Å²) in [6.45, 7) is 15.2. The number of rotatable bonds is 7. The van der Waals surface area contributed by atoms with E-state index in [2.05, 4.69) is 54.5 Å². The van der Waals surface area contributed by atoms with Crippen LogP contribution in [0.3, 0.4) is 0 Å². The number of ether oxygens (including phenoxy) is 2. The summed E-state index contributed by atoms with van der Waals surface area (Å²) >= 11 is 0. The van der Waals surface area contributed by atoms with Crippen LogP contribution in [0.15, 0.2) is 11.6 Å².